The summed E-state index contributed by atoms with van der Waals surface area (Å²) in [5.41, 5.74) is 2.39. The maximum absolute atomic E-state index is 12.5. The molecule has 4 nitrogen and oxygen atoms in total. The zero-order valence-electron chi connectivity index (χ0n) is 16.5. The van der Waals surface area contributed by atoms with Crippen molar-refractivity contribution in [1.29, 1.82) is 0 Å². The van der Waals surface area contributed by atoms with Crippen LogP contribution in [0.3, 0.4) is 0 Å². The number of hydrogen-bond acceptors (Lipinski definition) is 3. The Morgan fingerprint density at radius 2 is 1.31 bits per heavy atom. The van der Waals surface area contributed by atoms with Crippen molar-refractivity contribution in [3.8, 4) is 11.5 Å². The van der Waals surface area contributed by atoms with Crippen LogP contribution in [-0.2, 0) is 11.2 Å². The number of ether oxygens (including phenoxy) is 1. The molecule has 4 heteroatoms. The first kappa shape index (κ1) is 19.1. The van der Waals surface area contributed by atoms with Gasteiger partial charge in [-0.05, 0) is 48.4 Å². The molecule has 1 saturated heterocycles. The van der Waals surface area contributed by atoms with Gasteiger partial charge in [-0.15, -0.1) is 0 Å². The second-order valence-corrected chi connectivity index (χ2v) is 7.26. The fourth-order valence-corrected chi connectivity index (χ4v) is 3.62. The summed E-state index contributed by atoms with van der Waals surface area (Å²) in [6, 6.07) is 28.2. The van der Waals surface area contributed by atoms with E-state index in [2.05, 4.69) is 29.2 Å². The maximum Gasteiger partial charge on any atom is 0.223 e. The fourth-order valence-electron chi connectivity index (χ4n) is 3.62. The molecule has 0 atom stereocenters. The molecule has 0 bridgehead atoms. The van der Waals surface area contributed by atoms with Crippen LogP contribution in [0, 0.1) is 0 Å². The number of benzene rings is 3. The maximum atomic E-state index is 12.5. The second kappa shape index (κ2) is 9.28. The first-order valence-corrected chi connectivity index (χ1v) is 10.2. The molecule has 1 heterocycles. The molecule has 0 spiro atoms. The molecule has 3 aromatic carbocycles. The Hall–Kier alpha value is -3.27. The highest BCUT2D eigenvalue weighted by Crippen LogP contribution is 2.25. The molecule has 29 heavy (non-hydrogen) atoms. The number of amides is 1. The highest BCUT2D eigenvalue weighted by Gasteiger charge is 2.21. The van der Waals surface area contributed by atoms with Crippen LogP contribution in [0.25, 0.3) is 0 Å². The van der Waals surface area contributed by atoms with Gasteiger partial charge in [0.2, 0.25) is 5.91 Å². The van der Waals surface area contributed by atoms with Crippen LogP contribution in [-0.4, -0.2) is 37.0 Å². The quantitative estimate of drug-likeness (QED) is 0.612. The van der Waals surface area contributed by atoms with Gasteiger partial charge in [0.1, 0.15) is 11.5 Å². The molecule has 3 aromatic rings. The fraction of sp³-hybridized carbons (Fsp3) is 0.240. The van der Waals surface area contributed by atoms with Crippen LogP contribution in [0.2, 0.25) is 0 Å². The van der Waals surface area contributed by atoms with Crippen LogP contribution in [0.1, 0.15) is 12.0 Å². The SMILES string of the molecule is O=C(CCc1ccccc1)N1CCN(c2ccc(Oc3ccccc3)cc2)CC1. The van der Waals surface area contributed by atoms with Gasteiger partial charge in [-0.25, -0.2) is 0 Å². The molecule has 1 fully saturated rings. The first-order valence-electron chi connectivity index (χ1n) is 10.2. The zero-order valence-corrected chi connectivity index (χ0v) is 16.5. The number of para-hydroxylation sites is 1. The van der Waals surface area contributed by atoms with Gasteiger partial charge in [0, 0.05) is 38.3 Å². The highest BCUT2D eigenvalue weighted by atomic mass is 16.5. The number of carbonyl (C=O) groups is 1. The highest BCUT2D eigenvalue weighted by molar-refractivity contribution is 5.76. The van der Waals surface area contributed by atoms with Gasteiger partial charge in [0.15, 0.2) is 0 Å². The third-order valence-corrected chi connectivity index (χ3v) is 5.28. The number of rotatable bonds is 6. The molecule has 1 amide bonds. The van der Waals surface area contributed by atoms with Crippen molar-refractivity contribution in [3.05, 3.63) is 90.5 Å². The van der Waals surface area contributed by atoms with E-state index in [1.54, 1.807) is 0 Å². The van der Waals surface area contributed by atoms with E-state index in [-0.39, 0.29) is 5.91 Å². The van der Waals surface area contributed by atoms with Crippen molar-refractivity contribution < 1.29 is 9.53 Å². The molecule has 4 rings (SSSR count). The minimum atomic E-state index is 0.250. The first-order chi connectivity index (χ1) is 14.3. The van der Waals surface area contributed by atoms with Crippen LogP contribution >= 0.6 is 0 Å². The number of hydrogen-bond donors (Lipinski definition) is 0. The summed E-state index contributed by atoms with van der Waals surface area (Å²) in [6.07, 6.45) is 1.39. The average Bonchev–Trinajstić information content (AvgIpc) is 2.79. The third kappa shape index (κ3) is 5.17. The largest absolute Gasteiger partial charge is 0.457 e. The van der Waals surface area contributed by atoms with Crippen LogP contribution in [0.5, 0.6) is 11.5 Å². The lowest BCUT2D eigenvalue weighted by atomic mass is 10.1. The monoisotopic (exact) mass is 386 g/mol. The summed E-state index contributed by atoms with van der Waals surface area (Å²) >= 11 is 0. The van der Waals surface area contributed by atoms with Crippen molar-refractivity contribution in [2.24, 2.45) is 0 Å². The summed E-state index contributed by atoms with van der Waals surface area (Å²) in [4.78, 5) is 16.8. The molecule has 0 aromatic heterocycles. The van der Waals surface area contributed by atoms with E-state index in [1.807, 2.05) is 65.6 Å². The van der Waals surface area contributed by atoms with Gasteiger partial charge in [-0.3, -0.25) is 4.79 Å². The lowest BCUT2D eigenvalue weighted by molar-refractivity contribution is -0.131. The Morgan fingerprint density at radius 3 is 1.97 bits per heavy atom. The Bertz CT molecular complexity index is 903. The van der Waals surface area contributed by atoms with E-state index < -0.39 is 0 Å². The van der Waals surface area contributed by atoms with Gasteiger partial charge in [0.25, 0.3) is 0 Å². The molecule has 1 aliphatic heterocycles. The smallest absolute Gasteiger partial charge is 0.223 e. The standard InChI is InChI=1S/C25H26N2O2/c28-25(16-11-21-7-3-1-4-8-21)27-19-17-26(18-20-27)22-12-14-24(15-13-22)29-23-9-5-2-6-10-23/h1-10,12-15H,11,16-20H2. The Balaban J connectivity index is 1.26. The van der Waals surface area contributed by atoms with E-state index in [4.69, 9.17) is 4.74 Å². The summed E-state index contributed by atoms with van der Waals surface area (Å²) in [5.74, 6) is 1.91. The van der Waals surface area contributed by atoms with E-state index in [1.165, 1.54) is 11.3 Å². The molecule has 1 aliphatic rings. The lowest BCUT2D eigenvalue weighted by Crippen LogP contribution is -2.48. The van der Waals surface area contributed by atoms with Crippen molar-refractivity contribution in [2.75, 3.05) is 31.1 Å². The predicted octanol–water partition coefficient (Wildman–Crippen LogP) is 4.76. The van der Waals surface area contributed by atoms with Crippen molar-refractivity contribution in [2.45, 2.75) is 12.8 Å². The molecular formula is C25H26N2O2. The summed E-state index contributed by atoms with van der Waals surface area (Å²) in [7, 11) is 0. The average molecular weight is 386 g/mol. The molecule has 148 valence electrons. The molecule has 0 N–H and O–H groups in total. The van der Waals surface area contributed by atoms with Gasteiger partial charge in [0.05, 0.1) is 0 Å². The number of carbonyl (C=O) groups excluding carboxylic acids is 1. The minimum absolute atomic E-state index is 0.250. The van der Waals surface area contributed by atoms with Crippen LogP contribution in [0.4, 0.5) is 5.69 Å². The lowest BCUT2D eigenvalue weighted by Gasteiger charge is -2.36. The third-order valence-electron chi connectivity index (χ3n) is 5.28. The van der Waals surface area contributed by atoms with Crippen molar-refractivity contribution >= 4 is 11.6 Å². The number of nitrogens with zero attached hydrogens (tertiary/aromatic N) is 2. The van der Waals surface area contributed by atoms with Crippen molar-refractivity contribution in [3.63, 3.8) is 0 Å². The van der Waals surface area contributed by atoms with Gasteiger partial charge < -0.3 is 14.5 Å². The van der Waals surface area contributed by atoms with Gasteiger partial charge in [-0.1, -0.05) is 48.5 Å². The second-order valence-electron chi connectivity index (χ2n) is 7.26. The zero-order chi connectivity index (χ0) is 19.9. The molecular weight excluding hydrogens is 360 g/mol. The van der Waals surface area contributed by atoms with E-state index in [0.29, 0.717) is 6.42 Å². The topological polar surface area (TPSA) is 32.8 Å². The normalized spacial score (nSPS) is 13.9. The van der Waals surface area contributed by atoms with E-state index >= 15 is 0 Å². The van der Waals surface area contributed by atoms with Gasteiger partial charge in [-0.2, -0.15) is 0 Å². The van der Waals surface area contributed by atoms with Crippen LogP contribution < -0.4 is 9.64 Å². The Kier molecular flexibility index (Phi) is 6.10. The molecule has 0 unspecified atom stereocenters. The van der Waals surface area contributed by atoms with Gasteiger partial charge >= 0.3 is 0 Å². The number of anilines is 1. The Labute approximate surface area is 172 Å². The number of piperazine rings is 1. The Morgan fingerprint density at radius 1 is 0.724 bits per heavy atom. The summed E-state index contributed by atoms with van der Waals surface area (Å²) < 4.78 is 5.86. The molecule has 0 radical (unpaired) electrons. The van der Waals surface area contributed by atoms with Crippen LogP contribution in [0.15, 0.2) is 84.9 Å². The number of aryl methyl sites for hydroxylation is 1. The summed E-state index contributed by atoms with van der Waals surface area (Å²) in [6.45, 7) is 3.26. The molecule has 0 aliphatic carbocycles. The summed E-state index contributed by atoms with van der Waals surface area (Å²) in [5, 5.41) is 0. The van der Waals surface area contributed by atoms with E-state index in [0.717, 1.165) is 44.1 Å². The minimum Gasteiger partial charge on any atom is -0.457 e. The predicted molar refractivity (Wildman–Crippen MR) is 117 cm³/mol. The van der Waals surface area contributed by atoms with Crippen molar-refractivity contribution in [1.82, 2.24) is 4.90 Å². The molecule has 0 saturated carbocycles. The van der Waals surface area contributed by atoms with E-state index in [9.17, 15) is 4.79 Å².